The van der Waals surface area contributed by atoms with Crippen molar-refractivity contribution in [1.29, 1.82) is 0 Å². The van der Waals surface area contributed by atoms with Crippen LogP contribution in [0.3, 0.4) is 0 Å². The minimum Gasteiger partial charge on any atom is -0.507 e. The predicted molar refractivity (Wildman–Crippen MR) is 55.5 cm³/mol. The Morgan fingerprint density at radius 2 is 2.19 bits per heavy atom. The summed E-state index contributed by atoms with van der Waals surface area (Å²) in [5, 5.41) is 9.66. The van der Waals surface area contributed by atoms with Crippen molar-refractivity contribution in [3.63, 3.8) is 0 Å². The van der Waals surface area contributed by atoms with E-state index in [2.05, 4.69) is 4.99 Å². The number of rotatable bonds is 2. The Balaban J connectivity index is 2.43. The lowest BCUT2D eigenvalue weighted by Crippen LogP contribution is -1.98. The molecule has 1 aliphatic heterocycles. The third kappa shape index (κ3) is 1.99. The average Bonchev–Trinajstić information content (AvgIpc) is 2.53. The lowest BCUT2D eigenvalue weighted by molar-refractivity contribution is 0.296. The molecule has 0 aromatic heterocycles. The van der Waals surface area contributed by atoms with E-state index in [9.17, 15) is 9.90 Å². The maximum Gasteiger partial charge on any atom is 0.235 e. The molecule has 0 amide bonds. The normalized spacial score (nSPS) is 13.8. The standard InChI is InChI=1S/C11H11NO4/c13-7-12-6-8-9(14)2-3-10-11(8)16-5-1-4-15-10/h2-3,14H,1,4-6H2. The number of phenolic OH excluding ortho intramolecular Hbond substituents is 1. The SMILES string of the molecule is O=C=NCc1c(O)ccc2c1OCCCO2. The largest absolute Gasteiger partial charge is 0.507 e. The number of benzene rings is 1. The maximum atomic E-state index is 10.1. The second-order valence-corrected chi connectivity index (χ2v) is 3.35. The molecule has 0 fully saturated rings. The van der Waals surface area contributed by atoms with Crippen LogP contribution >= 0.6 is 0 Å². The molecule has 1 aromatic carbocycles. The monoisotopic (exact) mass is 221 g/mol. The average molecular weight is 221 g/mol. The van der Waals surface area contributed by atoms with Crippen molar-refractivity contribution >= 4 is 6.08 Å². The topological polar surface area (TPSA) is 68.1 Å². The lowest BCUT2D eigenvalue weighted by Gasteiger charge is -2.11. The van der Waals surface area contributed by atoms with Gasteiger partial charge in [0.05, 0.1) is 25.3 Å². The molecule has 0 saturated heterocycles. The van der Waals surface area contributed by atoms with Crippen LogP contribution in [0.15, 0.2) is 17.1 Å². The van der Waals surface area contributed by atoms with Crippen molar-refractivity contribution in [3.8, 4) is 17.2 Å². The minimum absolute atomic E-state index is 0.0435. The summed E-state index contributed by atoms with van der Waals surface area (Å²) in [6.45, 7) is 1.14. The zero-order valence-electron chi connectivity index (χ0n) is 8.60. The van der Waals surface area contributed by atoms with Crippen LogP contribution in [0, 0.1) is 0 Å². The van der Waals surface area contributed by atoms with Gasteiger partial charge in [0, 0.05) is 6.42 Å². The van der Waals surface area contributed by atoms with Crippen LogP contribution in [-0.2, 0) is 11.3 Å². The van der Waals surface area contributed by atoms with E-state index in [4.69, 9.17) is 9.47 Å². The molecular formula is C11H11NO4. The maximum absolute atomic E-state index is 10.1. The summed E-state index contributed by atoms with van der Waals surface area (Å²) < 4.78 is 10.9. The van der Waals surface area contributed by atoms with E-state index in [1.54, 1.807) is 6.07 Å². The molecule has 0 saturated carbocycles. The second-order valence-electron chi connectivity index (χ2n) is 3.35. The van der Waals surface area contributed by atoms with Crippen LogP contribution in [-0.4, -0.2) is 24.4 Å². The predicted octanol–water partition coefficient (Wildman–Crippen LogP) is 1.39. The third-order valence-electron chi connectivity index (χ3n) is 2.29. The molecule has 0 atom stereocenters. The summed E-state index contributed by atoms with van der Waals surface area (Å²) in [6.07, 6.45) is 2.22. The zero-order valence-corrected chi connectivity index (χ0v) is 8.60. The van der Waals surface area contributed by atoms with Crippen LogP contribution in [0.2, 0.25) is 0 Å². The van der Waals surface area contributed by atoms with Gasteiger partial charge in [0.25, 0.3) is 0 Å². The summed E-state index contributed by atoms with van der Waals surface area (Å²) in [7, 11) is 0. The summed E-state index contributed by atoms with van der Waals surface area (Å²) in [4.78, 5) is 13.5. The molecule has 1 aromatic rings. The van der Waals surface area contributed by atoms with Crippen LogP contribution in [0.25, 0.3) is 0 Å². The molecule has 2 rings (SSSR count). The summed E-state index contributed by atoms with van der Waals surface area (Å²) >= 11 is 0. The number of nitrogens with zero attached hydrogens (tertiary/aromatic N) is 1. The Hall–Kier alpha value is -2.00. The Labute approximate surface area is 92.3 Å². The number of hydrogen-bond donors (Lipinski definition) is 1. The van der Waals surface area contributed by atoms with Crippen molar-refractivity contribution in [3.05, 3.63) is 17.7 Å². The number of isocyanates is 1. The van der Waals surface area contributed by atoms with Gasteiger partial charge < -0.3 is 14.6 Å². The smallest absolute Gasteiger partial charge is 0.235 e. The number of aliphatic imine (C=N–C) groups is 1. The molecule has 1 heterocycles. The first-order chi connectivity index (χ1) is 7.83. The number of ether oxygens (including phenoxy) is 2. The van der Waals surface area contributed by atoms with Gasteiger partial charge >= 0.3 is 0 Å². The lowest BCUT2D eigenvalue weighted by atomic mass is 10.1. The first kappa shape index (κ1) is 10.5. The van der Waals surface area contributed by atoms with Crippen LogP contribution in [0.5, 0.6) is 17.2 Å². The molecule has 5 nitrogen and oxygen atoms in total. The fraction of sp³-hybridized carbons (Fsp3) is 0.364. The molecule has 0 spiro atoms. The van der Waals surface area contributed by atoms with E-state index >= 15 is 0 Å². The second kappa shape index (κ2) is 4.68. The van der Waals surface area contributed by atoms with E-state index in [0.29, 0.717) is 30.3 Å². The highest BCUT2D eigenvalue weighted by Gasteiger charge is 2.17. The highest BCUT2D eigenvalue weighted by Crippen LogP contribution is 2.38. The van der Waals surface area contributed by atoms with E-state index in [-0.39, 0.29) is 12.3 Å². The van der Waals surface area contributed by atoms with E-state index in [0.717, 1.165) is 6.42 Å². The van der Waals surface area contributed by atoms with Gasteiger partial charge in [0.1, 0.15) is 5.75 Å². The molecule has 5 heteroatoms. The summed E-state index contributed by atoms with van der Waals surface area (Å²) in [5.41, 5.74) is 0.461. The fourth-order valence-electron chi connectivity index (χ4n) is 1.55. The molecule has 16 heavy (non-hydrogen) atoms. The van der Waals surface area contributed by atoms with E-state index in [1.807, 2.05) is 0 Å². The first-order valence-electron chi connectivity index (χ1n) is 4.97. The number of aromatic hydroxyl groups is 1. The van der Waals surface area contributed by atoms with Gasteiger partial charge in [-0.1, -0.05) is 0 Å². The van der Waals surface area contributed by atoms with E-state index < -0.39 is 0 Å². The molecule has 0 aliphatic carbocycles. The quantitative estimate of drug-likeness (QED) is 0.605. The van der Waals surface area contributed by atoms with Gasteiger partial charge in [-0.25, -0.2) is 9.79 Å². The highest BCUT2D eigenvalue weighted by atomic mass is 16.5. The number of carbonyl (C=O) groups excluding carboxylic acids is 1. The number of hydrogen-bond acceptors (Lipinski definition) is 5. The van der Waals surface area contributed by atoms with Gasteiger partial charge in [0.2, 0.25) is 6.08 Å². The Bertz CT molecular complexity index is 438. The fourth-order valence-corrected chi connectivity index (χ4v) is 1.55. The van der Waals surface area contributed by atoms with Gasteiger partial charge in [-0.15, -0.1) is 0 Å². The van der Waals surface area contributed by atoms with Crippen molar-refractivity contribution in [2.45, 2.75) is 13.0 Å². The van der Waals surface area contributed by atoms with Crippen molar-refractivity contribution in [1.82, 2.24) is 0 Å². The van der Waals surface area contributed by atoms with Crippen LogP contribution in [0.4, 0.5) is 0 Å². The Kier molecular flexibility index (Phi) is 3.08. The molecule has 0 bridgehead atoms. The van der Waals surface area contributed by atoms with Gasteiger partial charge in [0.15, 0.2) is 11.5 Å². The number of fused-ring (bicyclic) bond motifs is 1. The van der Waals surface area contributed by atoms with Crippen molar-refractivity contribution in [2.24, 2.45) is 4.99 Å². The minimum atomic E-state index is 0.0435. The highest BCUT2D eigenvalue weighted by molar-refractivity contribution is 5.54. The number of phenols is 1. The van der Waals surface area contributed by atoms with Crippen molar-refractivity contribution in [2.75, 3.05) is 13.2 Å². The molecule has 1 aliphatic rings. The summed E-state index contributed by atoms with van der Waals surface area (Å²) in [6, 6.07) is 3.15. The van der Waals surface area contributed by atoms with Crippen LogP contribution < -0.4 is 9.47 Å². The molecule has 84 valence electrons. The zero-order chi connectivity index (χ0) is 11.4. The molecule has 0 unspecified atom stereocenters. The molecular weight excluding hydrogens is 210 g/mol. The Morgan fingerprint density at radius 1 is 1.38 bits per heavy atom. The Morgan fingerprint density at radius 3 is 3.00 bits per heavy atom. The summed E-state index contributed by atoms with van der Waals surface area (Å²) in [5.74, 6) is 1.09. The van der Waals surface area contributed by atoms with Crippen molar-refractivity contribution < 1.29 is 19.4 Å². The first-order valence-corrected chi connectivity index (χ1v) is 4.97. The van der Waals surface area contributed by atoms with E-state index in [1.165, 1.54) is 12.1 Å². The van der Waals surface area contributed by atoms with Gasteiger partial charge in [-0.2, -0.15) is 0 Å². The van der Waals surface area contributed by atoms with Gasteiger partial charge in [-0.3, -0.25) is 0 Å². The van der Waals surface area contributed by atoms with Crippen LogP contribution in [0.1, 0.15) is 12.0 Å². The van der Waals surface area contributed by atoms with Gasteiger partial charge in [-0.05, 0) is 12.1 Å². The third-order valence-corrected chi connectivity index (χ3v) is 2.29. The molecule has 1 N–H and O–H groups in total. The molecule has 0 radical (unpaired) electrons.